The van der Waals surface area contributed by atoms with Gasteiger partial charge in [-0.2, -0.15) is 5.10 Å². The van der Waals surface area contributed by atoms with Crippen LogP contribution < -0.4 is 5.32 Å². The lowest BCUT2D eigenvalue weighted by Gasteiger charge is -2.57. The Morgan fingerprint density at radius 1 is 1.50 bits per heavy atom. The molecule has 3 atom stereocenters. The highest BCUT2D eigenvalue weighted by atomic mass is 16.5. The number of hydrogen-bond acceptors (Lipinski definition) is 3. The Labute approximate surface area is 144 Å². The molecule has 0 radical (unpaired) electrons. The summed E-state index contributed by atoms with van der Waals surface area (Å²) in [4.78, 5) is 6.74. The third kappa shape index (κ3) is 2.42. The van der Waals surface area contributed by atoms with E-state index in [0.29, 0.717) is 23.5 Å². The molecular formula is C18H29N5O. The van der Waals surface area contributed by atoms with Gasteiger partial charge in [0.25, 0.3) is 0 Å². The monoisotopic (exact) mass is 331 g/mol. The maximum atomic E-state index is 6.09. The summed E-state index contributed by atoms with van der Waals surface area (Å²) in [6.07, 6.45) is 10.9. The van der Waals surface area contributed by atoms with Crippen LogP contribution in [0.2, 0.25) is 0 Å². The second kappa shape index (κ2) is 6.06. The smallest absolute Gasteiger partial charge is 0.193 e. The zero-order valence-corrected chi connectivity index (χ0v) is 15.0. The number of hydrogen-bond donors (Lipinski definition) is 1. The van der Waals surface area contributed by atoms with Gasteiger partial charge in [0.05, 0.1) is 12.3 Å². The standard InChI is InChI=1S/C18H29N5O/c1-19-17(22(2)11-13-10-20-23(3)12-13)21-15-14-6-9-24-16(14)18(15)7-4-5-8-18/h10,12,14-16H,4-9,11H2,1-3H3,(H,19,21). The molecule has 4 rings (SSSR count). The fourth-order valence-corrected chi connectivity index (χ4v) is 5.29. The zero-order chi connectivity index (χ0) is 16.7. The third-order valence-electron chi connectivity index (χ3n) is 6.32. The summed E-state index contributed by atoms with van der Waals surface area (Å²) in [5, 5.41) is 8.06. The first-order valence-corrected chi connectivity index (χ1v) is 9.17. The molecule has 2 heterocycles. The first-order valence-electron chi connectivity index (χ1n) is 9.17. The van der Waals surface area contributed by atoms with Crippen molar-refractivity contribution < 1.29 is 4.74 Å². The molecule has 1 aromatic heterocycles. The molecule has 1 saturated heterocycles. The Kier molecular flexibility index (Phi) is 4.03. The van der Waals surface area contributed by atoms with Crippen molar-refractivity contribution in [3.8, 4) is 0 Å². The number of fused-ring (bicyclic) bond motifs is 2. The van der Waals surface area contributed by atoms with Gasteiger partial charge in [-0.3, -0.25) is 9.67 Å². The molecule has 0 bridgehead atoms. The lowest BCUT2D eigenvalue weighted by molar-refractivity contribution is -0.125. The van der Waals surface area contributed by atoms with E-state index in [1.165, 1.54) is 37.7 Å². The predicted molar refractivity (Wildman–Crippen MR) is 93.7 cm³/mol. The predicted octanol–water partition coefficient (Wildman–Crippen LogP) is 1.77. The van der Waals surface area contributed by atoms with Gasteiger partial charge in [0.2, 0.25) is 0 Å². The molecule has 6 nitrogen and oxygen atoms in total. The highest BCUT2D eigenvalue weighted by Gasteiger charge is 2.65. The van der Waals surface area contributed by atoms with Crippen molar-refractivity contribution in [3.63, 3.8) is 0 Å². The van der Waals surface area contributed by atoms with E-state index < -0.39 is 0 Å². The number of aryl methyl sites for hydroxylation is 1. The van der Waals surface area contributed by atoms with Gasteiger partial charge in [-0.15, -0.1) is 0 Å². The fraction of sp³-hybridized carbons (Fsp3) is 0.778. The van der Waals surface area contributed by atoms with Crippen molar-refractivity contribution in [1.82, 2.24) is 20.0 Å². The van der Waals surface area contributed by atoms with Gasteiger partial charge in [-0.25, -0.2) is 0 Å². The summed E-state index contributed by atoms with van der Waals surface area (Å²) in [6, 6.07) is 0.516. The van der Waals surface area contributed by atoms with Crippen LogP contribution >= 0.6 is 0 Å². The second-order valence-corrected chi connectivity index (χ2v) is 7.73. The average molecular weight is 331 g/mol. The minimum absolute atomic E-state index is 0.353. The number of guanidine groups is 1. The summed E-state index contributed by atoms with van der Waals surface area (Å²) < 4.78 is 7.94. The van der Waals surface area contributed by atoms with Crippen LogP contribution in [0.3, 0.4) is 0 Å². The number of nitrogens with zero attached hydrogens (tertiary/aromatic N) is 4. The summed E-state index contributed by atoms with van der Waals surface area (Å²) in [7, 11) is 5.94. The van der Waals surface area contributed by atoms with Crippen LogP contribution in [0.4, 0.5) is 0 Å². The Balaban J connectivity index is 1.46. The summed E-state index contributed by atoms with van der Waals surface area (Å²) >= 11 is 0. The first kappa shape index (κ1) is 15.9. The van der Waals surface area contributed by atoms with Crippen molar-refractivity contribution in [2.45, 2.75) is 50.8 Å². The Bertz CT molecular complexity index is 619. The van der Waals surface area contributed by atoms with Gasteiger partial charge < -0.3 is 15.0 Å². The largest absolute Gasteiger partial charge is 0.377 e. The van der Waals surface area contributed by atoms with Crippen LogP contribution in [0.25, 0.3) is 0 Å². The van der Waals surface area contributed by atoms with E-state index in [0.717, 1.165) is 19.1 Å². The molecule has 0 aromatic carbocycles. The summed E-state index contributed by atoms with van der Waals surface area (Å²) in [6.45, 7) is 1.75. The maximum absolute atomic E-state index is 6.09. The van der Waals surface area contributed by atoms with E-state index in [1.54, 1.807) is 0 Å². The van der Waals surface area contributed by atoms with Gasteiger partial charge >= 0.3 is 0 Å². The molecule has 6 heteroatoms. The molecule has 0 amide bonds. The third-order valence-corrected chi connectivity index (χ3v) is 6.32. The topological polar surface area (TPSA) is 54.7 Å². The van der Waals surface area contributed by atoms with E-state index in [2.05, 4.69) is 33.6 Å². The molecule has 2 saturated carbocycles. The molecule has 1 N–H and O–H groups in total. The van der Waals surface area contributed by atoms with Gasteiger partial charge in [0, 0.05) is 63.4 Å². The van der Waals surface area contributed by atoms with Crippen LogP contribution in [0.5, 0.6) is 0 Å². The molecule has 3 aliphatic rings. The van der Waals surface area contributed by atoms with E-state index in [9.17, 15) is 0 Å². The SMILES string of the molecule is CN=C(NC1C2CCOC2C12CCCC2)N(C)Cc1cnn(C)c1. The van der Waals surface area contributed by atoms with Crippen LogP contribution in [0, 0.1) is 11.3 Å². The van der Waals surface area contributed by atoms with E-state index in [4.69, 9.17) is 4.74 Å². The molecule has 1 aliphatic heterocycles. The van der Waals surface area contributed by atoms with Crippen molar-refractivity contribution in [1.29, 1.82) is 0 Å². The van der Waals surface area contributed by atoms with Crippen LogP contribution in [-0.4, -0.2) is 53.5 Å². The van der Waals surface area contributed by atoms with Crippen LogP contribution in [-0.2, 0) is 18.3 Å². The summed E-state index contributed by atoms with van der Waals surface area (Å²) in [5.41, 5.74) is 1.56. The number of rotatable bonds is 3. The molecule has 132 valence electrons. The van der Waals surface area contributed by atoms with Crippen LogP contribution in [0.1, 0.15) is 37.7 Å². The molecular weight excluding hydrogens is 302 g/mol. The highest BCUT2D eigenvalue weighted by Crippen LogP contribution is 2.60. The lowest BCUT2D eigenvalue weighted by Crippen LogP contribution is -2.69. The van der Waals surface area contributed by atoms with Crippen molar-refractivity contribution in [2.75, 3.05) is 20.7 Å². The molecule has 3 fully saturated rings. The highest BCUT2D eigenvalue weighted by molar-refractivity contribution is 5.80. The van der Waals surface area contributed by atoms with Crippen LogP contribution in [0.15, 0.2) is 17.4 Å². The zero-order valence-electron chi connectivity index (χ0n) is 15.0. The second-order valence-electron chi connectivity index (χ2n) is 7.73. The van der Waals surface area contributed by atoms with Gasteiger partial charge in [-0.05, 0) is 19.3 Å². The maximum Gasteiger partial charge on any atom is 0.193 e. The van der Waals surface area contributed by atoms with E-state index >= 15 is 0 Å². The average Bonchev–Trinajstić information content (AvgIpc) is 3.27. The van der Waals surface area contributed by atoms with E-state index in [-0.39, 0.29) is 0 Å². The van der Waals surface area contributed by atoms with Crippen molar-refractivity contribution >= 4 is 5.96 Å². The normalized spacial score (nSPS) is 31.1. The van der Waals surface area contributed by atoms with Crippen molar-refractivity contribution in [2.24, 2.45) is 23.4 Å². The minimum Gasteiger partial charge on any atom is -0.377 e. The van der Waals surface area contributed by atoms with E-state index in [1.807, 2.05) is 25.0 Å². The molecule has 1 aromatic rings. The lowest BCUT2D eigenvalue weighted by atomic mass is 9.54. The molecule has 3 unspecified atom stereocenters. The summed E-state index contributed by atoms with van der Waals surface area (Å²) in [5.74, 6) is 1.65. The number of aromatic nitrogens is 2. The minimum atomic E-state index is 0.353. The molecule has 2 aliphatic carbocycles. The Morgan fingerprint density at radius 3 is 2.96 bits per heavy atom. The number of aliphatic imine (C=N–C) groups is 1. The van der Waals surface area contributed by atoms with Gasteiger partial charge in [0.1, 0.15) is 0 Å². The van der Waals surface area contributed by atoms with Gasteiger partial charge in [0.15, 0.2) is 5.96 Å². The quantitative estimate of drug-likeness (QED) is 0.677. The van der Waals surface area contributed by atoms with Crippen molar-refractivity contribution in [3.05, 3.63) is 18.0 Å². The Hall–Kier alpha value is -1.56. The first-order chi connectivity index (χ1) is 11.6. The fourth-order valence-electron chi connectivity index (χ4n) is 5.29. The molecule has 24 heavy (non-hydrogen) atoms. The van der Waals surface area contributed by atoms with Gasteiger partial charge in [-0.1, -0.05) is 12.8 Å². The number of ether oxygens (including phenoxy) is 1. The number of nitrogens with one attached hydrogen (secondary N) is 1. The Morgan fingerprint density at radius 2 is 2.29 bits per heavy atom. The molecule has 1 spiro atoms.